The molecule has 4 nitrogen and oxygen atoms in total. The van der Waals surface area contributed by atoms with Crippen molar-refractivity contribution in [2.75, 3.05) is 33.2 Å². The molecule has 1 saturated carbocycles. The Balaban J connectivity index is 1.65. The molecule has 0 aromatic rings. The maximum absolute atomic E-state index is 11.7. The summed E-state index contributed by atoms with van der Waals surface area (Å²) < 4.78 is 5.38. The Labute approximate surface area is 117 Å². The van der Waals surface area contributed by atoms with E-state index in [1.165, 1.54) is 39.0 Å². The molecule has 1 aliphatic carbocycles. The molecule has 4 heteroatoms. The lowest BCUT2D eigenvalue weighted by Crippen LogP contribution is -2.53. The molecule has 2 aliphatic rings. The summed E-state index contributed by atoms with van der Waals surface area (Å²) in [4.78, 5) is 16.7. The molecule has 1 heterocycles. The number of hydrogen-bond acceptors (Lipinski definition) is 4. The summed E-state index contributed by atoms with van der Waals surface area (Å²) >= 11 is 0. The van der Waals surface area contributed by atoms with Gasteiger partial charge in [0.15, 0.2) is 0 Å². The van der Waals surface area contributed by atoms with Gasteiger partial charge in [-0.1, -0.05) is 0 Å². The van der Waals surface area contributed by atoms with Crippen LogP contribution in [-0.4, -0.2) is 60.6 Å². The number of esters is 1. The summed E-state index contributed by atoms with van der Waals surface area (Å²) in [6, 6.07) is 0.709. The molecule has 0 bridgehead atoms. The largest absolute Gasteiger partial charge is 0.460 e. The van der Waals surface area contributed by atoms with Gasteiger partial charge in [0.1, 0.15) is 5.60 Å². The lowest BCUT2D eigenvalue weighted by molar-refractivity contribution is -0.157. The molecule has 19 heavy (non-hydrogen) atoms. The summed E-state index contributed by atoms with van der Waals surface area (Å²) in [7, 11) is 2.18. The van der Waals surface area contributed by atoms with Gasteiger partial charge in [0.2, 0.25) is 0 Å². The molecule has 2 rings (SSSR count). The number of carbonyl (C=O) groups is 1. The summed E-state index contributed by atoms with van der Waals surface area (Å²) in [6.07, 6.45) is 2.94. The molecule has 0 aromatic heterocycles. The van der Waals surface area contributed by atoms with E-state index in [-0.39, 0.29) is 11.6 Å². The van der Waals surface area contributed by atoms with E-state index in [0.29, 0.717) is 18.4 Å². The van der Waals surface area contributed by atoms with Gasteiger partial charge in [-0.05, 0) is 46.6 Å². The van der Waals surface area contributed by atoms with Crippen LogP contribution in [0.3, 0.4) is 0 Å². The molecule has 0 spiro atoms. The van der Waals surface area contributed by atoms with E-state index in [1.54, 1.807) is 0 Å². The van der Waals surface area contributed by atoms with E-state index in [2.05, 4.69) is 16.8 Å². The number of carbonyl (C=O) groups excluding carboxylic acids is 1. The van der Waals surface area contributed by atoms with Crippen LogP contribution in [0, 0.1) is 5.92 Å². The van der Waals surface area contributed by atoms with Gasteiger partial charge in [-0.25, -0.2) is 0 Å². The van der Waals surface area contributed by atoms with Crippen molar-refractivity contribution >= 4 is 5.97 Å². The summed E-state index contributed by atoms with van der Waals surface area (Å²) in [5.41, 5.74) is -0.350. The highest BCUT2D eigenvalue weighted by molar-refractivity contribution is 5.70. The Kier molecular flexibility index (Phi) is 4.51. The number of hydrogen-bond donors (Lipinski definition) is 0. The smallest absolute Gasteiger partial charge is 0.306 e. The van der Waals surface area contributed by atoms with Crippen LogP contribution in [0.1, 0.15) is 40.0 Å². The average molecular weight is 268 g/mol. The topological polar surface area (TPSA) is 32.8 Å². The molecule has 0 amide bonds. The normalized spacial score (nSPS) is 29.9. The third-order valence-corrected chi connectivity index (χ3v) is 4.14. The summed E-state index contributed by atoms with van der Waals surface area (Å²) in [6.45, 7) is 10.5. The number of rotatable bonds is 3. The van der Waals surface area contributed by atoms with Crippen molar-refractivity contribution in [2.24, 2.45) is 5.92 Å². The predicted octanol–water partition coefficient (Wildman–Crippen LogP) is 1.74. The fourth-order valence-corrected chi connectivity index (χ4v) is 2.97. The van der Waals surface area contributed by atoms with Crippen LogP contribution < -0.4 is 0 Å². The first-order valence-corrected chi connectivity index (χ1v) is 7.48. The summed E-state index contributed by atoms with van der Waals surface area (Å²) in [5, 5.41) is 0. The third-order valence-electron chi connectivity index (χ3n) is 4.14. The van der Waals surface area contributed by atoms with Crippen molar-refractivity contribution in [1.82, 2.24) is 9.80 Å². The first kappa shape index (κ1) is 14.8. The lowest BCUT2D eigenvalue weighted by Gasteiger charge is -2.45. The van der Waals surface area contributed by atoms with E-state index in [0.717, 1.165) is 0 Å². The van der Waals surface area contributed by atoms with Crippen molar-refractivity contribution in [3.63, 3.8) is 0 Å². The van der Waals surface area contributed by atoms with Gasteiger partial charge in [-0.15, -0.1) is 0 Å². The van der Waals surface area contributed by atoms with Crippen molar-refractivity contribution in [1.29, 1.82) is 0 Å². The van der Waals surface area contributed by atoms with E-state index in [4.69, 9.17) is 4.74 Å². The Bertz CT molecular complexity index is 311. The Morgan fingerprint density at radius 3 is 2.26 bits per heavy atom. The third kappa shape index (κ3) is 4.46. The number of nitrogens with zero attached hydrogens (tertiary/aromatic N) is 2. The van der Waals surface area contributed by atoms with Crippen LogP contribution >= 0.6 is 0 Å². The minimum absolute atomic E-state index is 0.0330. The van der Waals surface area contributed by atoms with E-state index < -0.39 is 0 Å². The van der Waals surface area contributed by atoms with Gasteiger partial charge in [-0.2, -0.15) is 0 Å². The van der Waals surface area contributed by atoms with E-state index in [1.807, 2.05) is 20.8 Å². The monoisotopic (exact) mass is 268 g/mol. The predicted molar refractivity (Wildman–Crippen MR) is 76.0 cm³/mol. The highest BCUT2D eigenvalue weighted by Crippen LogP contribution is 2.35. The van der Waals surface area contributed by atoms with Gasteiger partial charge in [0.25, 0.3) is 0 Å². The zero-order valence-electron chi connectivity index (χ0n) is 12.8. The molecule has 1 aliphatic heterocycles. The van der Waals surface area contributed by atoms with Crippen LogP contribution in [-0.2, 0) is 9.53 Å². The van der Waals surface area contributed by atoms with Crippen LogP contribution in [0.2, 0.25) is 0 Å². The Morgan fingerprint density at radius 2 is 1.74 bits per heavy atom. The molecule has 2 fully saturated rings. The molecular weight excluding hydrogens is 240 g/mol. The van der Waals surface area contributed by atoms with Crippen LogP contribution in [0.5, 0.6) is 0 Å². The van der Waals surface area contributed by atoms with Crippen molar-refractivity contribution in [3.05, 3.63) is 0 Å². The SMILES string of the molecule is CN1CCN(C2CC(CC(=O)OC(C)(C)C)C2)CC1. The van der Waals surface area contributed by atoms with Gasteiger partial charge in [-0.3, -0.25) is 9.69 Å². The number of piperazine rings is 1. The molecule has 0 N–H and O–H groups in total. The minimum Gasteiger partial charge on any atom is -0.460 e. The maximum Gasteiger partial charge on any atom is 0.306 e. The second kappa shape index (κ2) is 5.80. The van der Waals surface area contributed by atoms with Crippen LogP contribution in [0.15, 0.2) is 0 Å². The highest BCUT2D eigenvalue weighted by Gasteiger charge is 2.36. The van der Waals surface area contributed by atoms with E-state index in [9.17, 15) is 4.79 Å². The standard InChI is InChI=1S/C15H28N2O2/c1-15(2,3)19-14(18)11-12-9-13(10-12)17-7-5-16(4)6-8-17/h12-13H,5-11H2,1-4H3. The van der Waals surface area contributed by atoms with Crippen molar-refractivity contribution < 1.29 is 9.53 Å². The first-order chi connectivity index (χ1) is 8.83. The van der Waals surface area contributed by atoms with Crippen molar-refractivity contribution in [3.8, 4) is 0 Å². The number of likely N-dealkylation sites (N-methyl/N-ethyl adjacent to an activating group) is 1. The van der Waals surface area contributed by atoms with Crippen LogP contribution in [0.25, 0.3) is 0 Å². The molecule has 0 atom stereocenters. The van der Waals surface area contributed by atoms with Crippen molar-refractivity contribution in [2.45, 2.75) is 51.7 Å². The zero-order valence-corrected chi connectivity index (χ0v) is 12.8. The lowest BCUT2D eigenvalue weighted by atomic mass is 9.77. The quantitative estimate of drug-likeness (QED) is 0.730. The fraction of sp³-hybridized carbons (Fsp3) is 0.933. The van der Waals surface area contributed by atoms with Gasteiger partial charge in [0.05, 0.1) is 0 Å². The minimum atomic E-state index is -0.350. The fourth-order valence-electron chi connectivity index (χ4n) is 2.97. The second-order valence-electron chi connectivity index (χ2n) is 7.12. The molecule has 0 aromatic carbocycles. The van der Waals surface area contributed by atoms with E-state index >= 15 is 0 Å². The molecule has 110 valence electrons. The Hall–Kier alpha value is -0.610. The second-order valence-corrected chi connectivity index (χ2v) is 7.12. The maximum atomic E-state index is 11.7. The first-order valence-electron chi connectivity index (χ1n) is 7.48. The summed E-state index contributed by atoms with van der Waals surface area (Å²) in [5.74, 6) is 0.508. The molecule has 0 radical (unpaired) electrons. The molecule has 0 unspecified atom stereocenters. The van der Waals surface area contributed by atoms with Crippen LogP contribution in [0.4, 0.5) is 0 Å². The highest BCUT2D eigenvalue weighted by atomic mass is 16.6. The number of ether oxygens (including phenoxy) is 1. The molecule has 1 saturated heterocycles. The Morgan fingerprint density at radius 1 is 1.16 bits per heavy atom. The van der Waals surface area contributed by atoms with Gasteiger partial charge >= 0.3 is 5.97 Å². The van der Waals surface area contributed by atoms with Gasteiger partial charge in [0, 0.05) is 38.6 Å². The average Bonchev–Trinajstić information content (AvgIpc) is 2.22. The molecular formula is C15H28N2O2. The zero-order chi connectivity index (χ0) is 14.0. The van der Waals surface area contributed by atoms with Gasteiger partial charge < -0.3 is 9.64 Å².